The van der Waals surface area contributed by atoms with Crippen LogP contribution in [-0.4, -0.2) is 74.0 Å². The summed E-state index contributed by atoms with van der Waals surface area (Å²) in [6, 6.07) is -4.78. The van der Waals surface area contributed by atoms with Gasteiger partial charge in [-0.15, -0.1) is 0 Å². The molecule has 1 aromatic heterocycles. The van der Waals surface area contributed by atoms with E-state index in [-0.39, 0.29) is 6.42 Å². The molecule has 13 nitrogen and oxygen atoms in total. The second kappa shape index (κ2) is 11.6. The average molecular weight is 440 g/mol. The fraction of sp³-hybridized carbons (Fsp3) is 0.556. The van der Waals surface area contributed by atoms with Crippen molar-refractivity contribution >= 4 is 29.7 Å². The van der Waals surface area contributed by atoms with E-state index >= 15 is 0 Å². The molecular formula is C18H28N6O7. The molecule has 0 aliphatic heterocycles. The number of carboxylic acids is 2. The number of carbonyl (C=O) groups excluding carboxylic acids is 3. The van der Waals surface area contributed by atoms with Gasteiger partial charge in [0.1, 0.15) is 18.1 Å². The zero-order chi connectivity index (χ0) is 23.7. The molecule has 0 bridgehead atoms. The summed E-state index contributed by atoms with van der Waals surface area (Å²) in [4.78, 5) is 65.6. The van der Waals surface area contributed by atoms with E-state index in [9.17, 15) is 29.1 Å². The van der Waals surface area contributed by atoms with Crippen LogP contribution >= 0.6 is 0 Å². The normalized spacial score (nSPS) is 14.7. The summed E-state index contributed by atoms with van der Waals surface area (Å²) in [5, 5.41) is 25.2. The summed E-state index contributed by atoms with van der Waals surface area (Å²) in [7, 11) is 0. The Labute approximate surface area is 178 Å². The summed E-state index contributed by atoms with van der Waals surface area (Å²) >= 11 is 0. The Morgan fingerprint density at radius 2 is 1.68 bits per heavy atom. The first kappa shape index (κ1) is 25.6. The van der Waals surface area contributed by atoms with Crippen molar-refractivity contribution in [2.75, 3.05) is 0 Å². The Morgan fingerprint density at radius 1 is 1.03 bits per heavy atom. The molecule has 1 heterocycles. The Kier molecular flexibility index (Phi) is 9.60. The van der Waals surface area contributed by atoms with Gasteiger partial charge >= 0.3 is 11.9 Å². The highest BCUT2D eigenvalue weighted by molar-refractivity contribution is 5.94. The number of imidazole rings is 1. The number of carbonyl (C=O) groups is 5. The van der Waals surface area contributed by atoms with Gasteiger partial charge in [-0.05, 0) is 12.8 Å². The molecule has 3 amide bonds. The minimum Gasteiger partial charge on any atom is -0.481 e. The number of H-pyrrole nitrogens is 1. The zero-order valence-electron chi connectivity index (χ0n) is 17.4. The summed E-state index contributed by atoms with van der Waals surface area (Å²) < 4.78 is 0. The summed E-state index contributed by atoms with van der Waals surface area (Å²) in [6.45, 7) is 4.65. The van der Waals surface area contributed by atoms with Crippen LogP contribution in [0.25, 0.3) is 0 Å². The van der Waals surface area contributed by atoms with Crippen LogP contribution < -0.4 is 21.7 Å². The number of nitrogens with two attached hydrogens (primary N) is 1. The molecule has 172 valence electrons. The average Bonchev–Trinajstić information content (AvgIpc) is 3.17. The number of aliphatic carboxylic acids is 2. The molecule has 1 rings (SSSR count). The lowest BCUT2D eigenvalue weighted by Crippen LogP contribution is -2.58. The van der Waals surface area contributed by atoms with Crippen LogP contribution in [-0.2, 0) is 30.4 Å². The van der Waals surface area contributed by atoms with Gasteiger partial charge in [0.25, 0.3) is 0 Å². The number of aromatic amines is 1. The Hall–Kier alpha value is -3.48. The minimum atomic E-state index is -1.34. The van der Waals surface area contributed by atoms with Crippen LogP contribution in [0.5, 0.6) is 0 Å². The first-order valence-electron chi connectivity index (χ1n) is 9.50. The highest BCUT2D eigenvalue weighted by Gasteiger charge is 2.31. The molecule has 0 aromatic carbocycles. The number of aromatic nitrogens is 2. The highest BCUT2D eigenvalue weighted by atomic mass is 16.4. The molecule has 0 aliphatic carbocycles. The van der Waals surface area contributed by atoms with Crippen molar-refractivity contribution in [2.24, 2.45) is 11.7 Å². The monoisotopic (exact) mass is 440 g/mol. The lowest BCUT2D eigenvalue weighted by Gasteiger charge is -2.25. The molecule has 0 fully saturated rings. The van der Waals surface area contributed by atoms with E-state index in [0.29, 0.717) is 5.69 Å². The van der Waals surface area contributed by atoms with Crippen molar-refractivity contribution in [2.45, 2.75) is 57.8 Å². The van der Waals surface area contributed by atoms with Gasteiger partial charge in [-0.2, -0.15) is 0 Å². The van der Waals surface area contributed by atoms with Crippen molar-refractivity contribution < 1.29 is 34.2 Å². The predicted molar refractivity (Wildman–Crippen MR) is 106 cm³/mol. The van der Waals surface area contributed by atoms with Crippen LogP contribution in [0.3, 0.4) is 0 Å². The Balaban J connectivity index is 2.75. The van der Waals surface area contributed by atoms with Gasteiger partial charge in [0.15, 0.2) is 0 Å². The maximum Gasteiger partial charge on any atom is 0.326 e. The van der Waals surface area contributed by atoms with Crippen molar-refractivity contribution in [1.82, 2.24) is 25.9 Å². The molecule has 31 heavy (non-hydrogen) atoms. The molecular weight excluding hydrogens is 412 g/mol. The molecule has 0 aliphatic rings. The second-order valence-electron chi connectivity index (χ2n) is 7.35. The van der Waals surface area contributed by atoms with E-state index in [1.165, 1.54) is 19.4 Å². The van der Waals surface area contributed by atoms with Crippen LogP contribution in [0.1, 0.15) is 32.9 Å². The van der Waals surface area contributed by atoms with Crippen molar-refractivity contribution in [1.29, 1.82) is 0 Å². The van der Waals surface area contributed by atoms with Crippen LogP contribution in [0.15, 0.2) is 12.5 Å². The molecule has 0 radical (unpaired) electrons. The van der Waals surface area contributed by atoms with Gasteiger partial charge in [-0.3, -0.25) is 19.2 Å². The third kappa shape index (κ3) is 8.42. The third-order valence-electron chi connectivity index (χ3n) is 4.32. The van der Waals surface area contributed by atoms with Gasteiger partial charge in [-0.1, -0.05) is 13.8 Å². The summed E-state index contributed by atoms with van der Waals surface area (Å²) in [5.74, 6) is -5.19. The number of hydrogen-bond acceptors (Lipinski definition) is 7. The maximum atomic E-state index is 12.7. The van der Waals surface area contributed by atoms with Crippen molar-refractivity contribution in [3.8, 4) is 0 Å². The number of nitrogens with one attached hydrogen (secondary N) is 4. The smallest absolute Gasteiger partial charge is 0.326 e. The van der Waals surface area contributed by atoms with Gasteiger partial charge in [0, 0.05) is 18.3 Å². The van der Waals surface area contributed by atoms with Gasteiger partial charge in [-0.25, -0.2) is 9.78 Å². The molecule has 1 aromatic rings. The minimum absolute atomic E-state index is 0.0340. The van der Waals surface area contributed by atoms with Gasteiger partial charge < -0.3 is 36.9 Å². The largest absolute Gasteiger partial charge is 0.481 e. The first-order chi connectivity index (χ1) is 14.4. The zero-order valence-corrected chi connectivity index (χ0v) is 17.4. The van der Waals surface area contributed by atoms with Crippen LogP contribution in [0.4, 0.5) is 0 Å². The van der Waals surface area contributed by atoms with Gasteiger partial charge in [0.05, 0.1) is 18.8 Å². The van der Waals surface area contributed by atoms with E-state index in [1.807, 2.05) is 0 Å². The number of nitrogens with zero attached hydrogens (tertiary/aromatic N) is 1. The number of hydrogen-bond donors (Lipinski definition) is 7. The highest BCUT2D eigenvalue weighted by Crippen LogP contribution is 2.06. The van der Waals surface area contributed by atoms with Crippen LogP contribution in [0, 0.1) is 5.92 Å². The van der Waals surface area contributed by atoms with Gasteiger partial charge in [0.2, 0.25) is 17.7 Å². The number of rotatable bonds is 12. The lowest BCUT2D eigenvalue weighted by molar-refractivity contribution is -0.142. The molecule has 8 N–H and O–H groups in total. The Morgan fingerprint density at radius 3 is 2.16 bits per heavy atom. The topological polar surface area (TPSA) is 217 Å². The third-order valence-corrected chi connectivity index (χ3v) is 4.32. The SMILES string of the molecule is CC(NC(=O)C(N)CC(=O)O)C(=O)NC(C(=O)NC(Cc1cnc[nH]1)C(=O)O)C(C)C. The molecule has 0 saturated heterocycles. The summed E-state index contributed by atoms with van der Waals surface area (Å²) in [6.07, 6.45) is 2.17. The molecule has 0 saturated carbocycles. The first-order valence-corrected chi connectivity index (χ1v) is 9.50. The molecule has 0 spiro atoms. The fourth-order valence-corrected chi connectivity index (χ4v) is 2.56. The van der Waals surface area contributed by atoms with E-state index in [0.717, 1.165) is 0 Å². The fourth-order valence-electron chi connectivity index (χ4n) is 2.56. The van der Waals surface area contributed by atoms with Crippen molar-refractivity contribution in [3.63, 3.8) is 0 Å². The maximum absolute atomic E-state index is 12.7. The van der Waals surface area contributed by atoms with Crippen LogP contribution in [0.2, 0.25) is 0 Å². The predicted octanol–water partition coefficient (Wildman–Crippen LogP) is -2.03. The molecule has 4 unspecified atom stereocenters. The lowest BCUT2D eigenvalue weighted by atomic mass is 10.0. The van der Waals surface area contributed by atoms with E-state index < -0.39 is 66.2 Å². The quantitative estimate of drug-likeness (QED) is 0.190. The van der Waals surface area contributed by atoms with Crippen molar-refractivity contribution in [3.05, 3.63) is 18.2 Å². The molecule has 4 atom stereocenters. The number of carboxylic acid groups (broad SMARTS) is 2. The summed E-state index contributed by atoms with van der Waals surface area (Å²) in [5.41, 5.74) is 5.96. The number of amides is 3. The standard InChI is InChI=1S/C18H28N6O7/c1-8(2)14(17(29)23-12(18(30)31)4-10-6-20-7-21-10)24-15(27)9(3)22-16(28)11(19)5-13(25)26/h6-9,11-12,14H,4-5,19H2,1-3H3,(H,20,21)(H,22,28)(H,23,29)(H,24,27)(H,25,26)(H,30,31). The van der Waals surface area contributed by atoms with E-state index in [2.05, 4.69) is 25.9 Å². The second-order valence-corrected chi connectivity index (χ2v) is 7.35. The van der Waals surface area contributed by atoms with E-state index in [4.69, 9.17) is 10.8 Å². The molecule has 13 heteroatoms. The Bertz CT molecular complexity index is 795. The van der Waals surface area contributed by atoms with E-state index in [1.54, 1.807) is 13.8 Å².